The molecule has 1 aromatic heterocycles. The van der Waals surface area contributed by atoms with Gasteiger partial charge in [-0.25, -0.2) is 4.99 Å². The van der Waals surface area contributed by atoms with Crippen LogP contribution in [-0.2, 0) is 18.3 Å². The third kappa shape index (κ3) is 7.38. The van der Waals surface area contributed by atoms with Crippen LogP contribution in [0.3, 0.4) is 0 Å². The zero-order valence-corrected chi connectivity index (χ0v) is 19.0. The lowest BCUT2D eigenvalue weighted by Gasteiger charge is -2.30. The number of methoxy groups -OCH3 is 1. The van der Waals surface area contributed by atoms with Crippen LogP contribution >= 0.6 is 24.0 Å². The average molecular weight is 478 g/mol. The predicted octanol–water partition coefficient (Wildman–Crippen LogP) is 2.78. The van der Waals surface area contributed by atoms with Crippen LogP contribution in [-0.4, -0.2) is 47.0 Å². The van der Waals surface area contributed by atoms with E-state index >= 15 is 0 Å². The minimum atomic E-state index is 0. The molecule has 0 aliphatic heterocycles. The number of nitrogens with zero attached hydrogens (tertiary/aromatic N) is 4. The molecule has 1 aliphatic carbocycles. The molecule has 1 aromatic rings. The first kappa shape index (κ1) is 23.1. The van der Waals surface area contributed by atoms with Crippen LogP contribution in [0.5, 0.6) is 0 Å². The number of halogens is 1. The fourth-order valence-corrected chi connectivity index (χ4v) is 3.36. The van der Waals surface area contributed by atoms with E-state index < -0.39 is 0 Å². The molecule has 0 radical (unpaired) electrons. The molecular weight excluding hydrogens is 443 g/mol. The second kappa shape index (κ2) is 12.5. The standard InChI is InChI=1S/C18H34N6O.HI/c1-5-6-15-7-9-16(10-8-15)21-18(19-11-12-25-4)20-13-17-23-22-14(2)24(17)3;/h15-16H,5-13H2,1-4H3,(H2,19,20,21);1H. The van der Waals surface area contributed by atoms with Gasteiger partial charge in [0.05, 0.1) is 6.61 Å². The molecule has 0 spiro atoms. The summed E-state index contributed by atoms with van der Waals surface area (Å²) >= 11 is 0. The Labute approximate surface area is 174 Å². The van der Waals surface area contributed by atoms with Gasteiger partial charge < -0.3 is 19.9 Å². The van der Waals surface area contributed by atoms with Crippen molar-refractivity contribution in [3.63, 3.8) is 0 Å². The maximum absolute atomic E-state index is 5.14. The van der Waals surface area contributed by atoms with Gasteiger partial charge in [-0.15, -0.1) is 34.2 Å². The summed E-state index contributed by atoms with van der Waals surface area (Å²) in [5.41, 5.74) is 0. The van der Waals surface area contributed by atoms with Crippen molar-refractivity contribution in [2.24, 2.45) is 18.0 Å². The molecule has 26 heavy (non-hydrogen) atoms. The number of aliphatic imine (C=N–C) groups is 1. The summed E-state index contributed by atoms with van der Waals surface area (Å²) in [6.45, 7) is 6.15. The van der Waals surface area contributed by atoms with E-state index in [0.717, 1.165) is 30.1 Å². The zero-order valence-electron chi connectivity index (χ0n) is 16.6. The molecule has 1 fully saturated rings. The molecule has 0 saturated heterocycles. The fraction of sp³-hybridized carbons (Fsp3) is 0.833. The summed E-state index contributed by atoms with van der Waals surface area (Å²) in [5.74, 6) is 3.53. The van der Waals surface area contributed by atoms with Crippen molar-refractivity contribution in [1.29, 1.82) is 0 Å². The minimum Gasteiger partial charge on any atom is -0.383 e. The number of hydrogen-bond donors (Lipinski definition) is 2. The molecule has 0 atom stereocenters. The molecule has 2 N–H and O–H groups in total. The summed E-state index contributed by atoms with van der Waals surface area (Å²) < 4.78 is 7.12. The molecule has 150 valence electrons. The summed E-state index contributed by atoms with van der Waals surface area (Å²) in [5, 5.41) is 15.2. The van der Waals surface area contributed by atoms with Crippen molar-refractivity contribution < 1.29 is 4.74 Å². The third-order valence-electron chi connectivity index (χ3n) is 5.04. The van der Waals surface area contributed by atoms with E-state index in [9.17, 15) is 0 Å². The summed E-state index contributed by atoms with van der Waals surface area (Å²) in [6, 6.07) is 0.503. The molecule has 0 unspecified atom stereocenters. The number of ether oxygens (including phenoxy) is 1. The maximum Gasteiger partial charge on any atom is 0.192 e. The molecule has 0 aromatic carbocycles. The van der Waals surface area contributed by atoms with Gasteiger partial charge in [0.1, 0.15) is 12.4 Å². The summed E-state index contributed by atoms with van der Waals surface area (Å²) in [6.07, 6.45) is 7.74. The number of rotatable bonds is 8. The van der Waals surface area contributed by atoms with Gasteiger partial charge in [-0.3, -0.25) is 0 Å². The van der Waals surface area contributed by atoms with E-state index in [4.69, 9.17) is 9.73 Å². The highest BCUT2D eigenvalue weighted by atomic mass is 127. The smallest absolute Gasteiger partial charge is 0.192 e. The van der Waals surface area contributed by atoms with Gasteiger partial charge in [0, 0.05) is 26.7 Å². The van der Waals surface area contributed by atoms with Crippen molar-refractivity contribution >= 4 is 29.9 Å². The lowest BCUT2D eigenvalue weighted by Crippen LogP contribution is -2.45. The normalized spacial score (nSPS) is 20.5. The minimum absolute atomic E-state index is 0. The van der Waals surface area contributed by atoms with E-state index in [1.54, 1.807) is 7.11 Å². The monoisotopic (exact) mass is 478 g/mol. The van der Waals surface area contributed by atoms with Crippen LogP contribution in [0.4, 0.5) is 0 Å². The van der Waals surface area contributed by atoms with Crippen LogP contribution in [0, 0.1) is 12.8 Å². The Morgan fingerprint density at radius 1 is 1.27 bits per heavy atom. The number of nitrogens with one attached hydrogen (secondary N) is 2. The highest BCUT2D eigenvalue weighted by molar-refractivity contribution is 14.0. The molecule has 8 heteroatoms. The van der Waals surface area contributed by atoms with Gasteiger partial charge in [0.25, 0.3) is 0 Å². The first-order valence-corrected chi connectivity index (χ1v) is 9.52. The highest BCUT2D eigenvalue weighted by Crippen LogP contribution is 2.27. The van der Waals surface area contributed by atoms with Crippen LogP contribution in [0.15, 0.2) is 4.99 Å². The van der Waals surface area contributed by atoms with E-state index in [1.807, 2.05) is 18.5 Å². The SMILES string of the molecule is CCCC1CCC(NC(=NCc2nnc(C)n2C)NCCOC)CC1.I. The molecule has 1 aliphatic rings. The largest absolute Gasteiger partial charge is 0.383 e. The Balaban J connectivity index is 0.00000338. The van der Waals surface area contributed by atoms with Crippen molar-refractivity contribution in [1.82, 2.24) is 25.4 Å². The average Bonchev–Trinajstić information content (AvgIpc) is 2.93. The van der Waals surface area contributed by atoms with Gasteiger partial charge in [-0.2, -0.15) is 0 Å². The number of guanidine groups is 1. The van der Waals surface area contributed by atoms with Crippen molar-refractivity contribution in [3.8, 4) is 0 Å². The van der Waals surface area contributed by atoms with E-state index in [2.05, 4.69) is 27.8 Å². The van der Waals surface area contributed by atoms with Gasteiger partial charge in [-0.1, -0.05) is 19.8 Å². The lowest BCUT2D eigenvalue weighted by atomic mass is 9.83. The second-order valence-electron chi connectivity index (χ2n) is 6.96. The van der Waals surface area contributed by atoms with Crippen LogP contribution < -0.4 is 10.6 Å². The molecule has 0 amide bonds. The second-order valence-corrected chi connectivity index (χ2v) is 6.96. The molecule has 1 heterocycles. The van der Waals surface area contributed by atoms with Gasteiger partial charge >= 0.3 is 0 Å². The quantitative estimate of drug-likeness (QED) is 0.260. The molecule has 1 saturated carbocycles. The maximum atomic E-state index is 5.14. The van der Waals surface area contributed by atoms with Gasteiger partial charge in [-0.05, 0) is 38.5 Å². The number of aromatic nitrogens is 3. The highest BCUT2D eigenvalue weighted by Gasteiger charge is 2.21. The van der Waals surface area contributed by atoms with Crippen molar-refractivity contribution in [2.75, 3.05) is 20.3 Å². The third-order valence-corrected chi connectivity index (χ3v) is 5.04. The van der Waals surface area contributed by atoms with E-state index in [1.165, 1.54) is 38.5 Å². The Kier molecular flexibility index (Phi) is 11.1. The van der Waals surface area contributed by atoms with Crippen LogP contribution in [0.2, 0.25) is 0 Å². The first-order chi connectivity index (χ1) is 12.1. The van der Waals surface area contributed by atoms with Gasteiger partial charge in [0.15, 0.2) is 11.8 Å². The number of aryl methyl sites for hydroxylation is 1. The Bertz CT molecular complexity index is 540. The van der Waals surface area contributed by atoms with E-state index in [-0.39, 0.29) is 24.0 Å². The van der Waals surface area contributed by atoms with Crippen LogP contribution in [0.1, 0.15) is 57.1 Å². The number of hydrogen-bond acceptors (Lipinski definition) is 4. The van der Waals surface area contributed by atoms with Crippen molar-refractivity contribution in [3.05, 3.63) is 11.6 Å². The Hall–Kier alpha value is -0.900. The fourth-order valence-electron chi connectivity index (χ4n) is 3.36. The molecule has 2 rings (SSSR count). The van der Waals surface area contributed by atoms with Gasteiger partial charge in [0.2, 0.25) is 0 Å². The predicted molar refractivity (Wildman–Crippen MR) is 116 cm³/mol. The van der Waals surface area contributed by atoms with Crippen molar-refractivity contribution in [2.45, 2.75) is 65.0 Å². The van der Waals surface area contributed by atoms with E-state index in [0.29, 0.717) is 19.2 Å². The Morgan fingerprint density at radius 2 is 2.00 bits per heavy atom. The summed E-state index contributed by atoms with van der Waals surface area (Å²) in [7, 11) is 3.68. The molecular formula is C18H35IN6O. The zero-order chi connectivity index (χ0) is 18.1. The molecule has 0 bridgehead atoms. The topological polar surface area (TPSA) is 76.4 Å². The first-order valence-electron chi connectivity index (χ1n) is 9.52. The summed E-state index contributed by atoms with van der Waals surface area (Å²) in [4.78, 5) is 4.70. The Morgan fingerprint density at radius 3 is 2.58 bits per heavy atom. The molecule has 7 nitrogen and oxygen atoms in total. The lowest BCUT2D eigenvalue weighted by molar-refractivity contribution is 0.203. The van der Waals surface area contributed by atoms with Crippen LogP contribution in [0.25, 0.3) is 0 Å².